The Morgan fingerprint density at radius 3 is 3.08 bits per heavy atom. The average Bonchev–Trinajstić information content (AvgIpc) is 3.12. The molecule has 1 aliphatic heterocycles. The topological polar surface area (TPSA) is 70.2 Å². The molecule has 0 saturated carbocycles. The molecule has 1 aliphatic rings. The van der Waals surface area contributed by atoms with Crippen molar-refractivity contribution in [3.63, 3.8) is 0 Å². The van der Waals surface area contributed by atoms with Gasteiger partial charge in [0.2, 0.25) is 0 Å². The van der Waals surface area contributed by atoms with Gasteiger partial charge < -0.3 is 10.1 Å². The SMILES string of the molecule is CNC(=O)c1cn[nH]c1[C@]1(C)CCCN(Cc2cccc(OC)c2)C1. The highest BCUT2D eigenvalue weighted by Crippen LogP contribution is 2.35. The van der Waals surface area contributed by atoms with Gasteiger partial charge in [-0.2, -0.15) is 5.10 Å². The normalized spacial score (nSPS) is 21.1. The maximum Gasteiger partial charge on any atom is 0.254 e. The number of hydrogen-bond donors (Lipinski definition) is 2. The Labute approximate surface area is 148 Å². The summed E-state index contributed by atoms with van der Waals surface area (Å²) in [5, 5.41) is 9.90. The van der Waals surface area contributed by atoms with E-state index < -0.39 is 0 Å². The predicted octanol–water partition coefficient (Wildman–Crippen LogP) is 2.33. The van der Waals surface area contributed by atoms with Crippen LogP contribution in [0.1, 0.15) is 41.4 Å². The number of piperidine rings is 1. The number of methoxy groups -OCH3 is 1. The molecule has 2 N–H and O–H groups in total. The first kappa shape index (κ1) is 17.5. The standard InChI is InChI=1S/C19H26N4O2/c1-19(17-16(11-21-22-17)18(24)20-2)8-5-9-23(13-19)12-14-6-4-7-15(10-14)25-3/h4,6-7,10-11H,5,8-9,12-13H2,1-3H3,(H,20,24)(H,21,22)/t19-/m1/s1. The number of H-pyrrole nitrogens is 1. The molecule has 134 valence electrons. The minimum atomic E-state index is -0.116. The largest absolute Gasteiger partial charge is 0.497 e. The Balaban J connectivity index is 1.78. The van der Waals surface area contributed by atoms with Crippen molar-refractivity contribution in [3.8, 4) is 5.75 Å². The zero-order valence-corrected chi connectivity index (χ0v) is 15.1. The van der Waals surface area contributed by atoms with Gasteiger partial charge in [0, 0.05) is 25.6 Å². The van der Waals surface area contributed by atoms with Gasteiger partial charge in [-0.05, 0) is 37.1 Å². The number of nitrogens with one attached hydrogen (secondary N) is 2. The van der Waals surface area contributed by atoms with Gasteiger partial charge in [0.05, 0.1) is 24.6 Å². The Morgan fingerprint density at radius 1 is 1.48 bits per heavy atom. The molecule has 1 fully saturated rings. The average molecular weight is 342 g/mol. The van der Waals surface area contributed by atoms with Crippen molar-refractivity contribution in [1.82, 2.24) is 20.4 Å². The predicted molar refractivity (Wildman–Crippen MR) is 96.8 cm³/mol. The van der Waals surface area contributed by atoms with Gasteiger partial charge in [-0.1, -0.05) is 19.1 Å². The maximum atomic E-state index is 12.1. The number of rotatable bonds is 5. The van der Waals surface area contributed by atoms with E-state index in [9.17, 15) is 4.79 Å². The molecule has 1 saturated heterocycles. The molecule has 0 unspecified atom stereocenters. The summed E-state index contributed by atoms with van der Waals surface area (Å²) in [7, 11) is 3.34. The zero-order valence-electron chi connectivity index (χ0n) is 15.1. The molecule has 6 heteroatoms. The lowest BCUT2D eigenvalue weighted by molar-refractivity contribution is 0.0955. The molecule has 1 aromatic carbocycles. The minimum absolute atomic E-state index is 0.0881. The second-order valence-corrected chi connectivity index (χ2v) is 6.96. The third kappa shape index (κ3) is 3.69. The Hall–Kier alpha value is -2.34. The molecule has 2 aromatic rings. The van der Waals surface area contributed by atoms with Gasteiger partial charge in [0.15, 0.2) is 0 Å². The van der Waals surface area contributed by atoms with Crippen LogP contribution in [0.25, 0.3) is 0 Å². The number of amides is 1. The third-order valence-corrected chi connectivity index (χ3v) is 5.03. The van der Waals surface area contributed by atoms with Crippen LogP contribution in [-0.4, -0.2) is 48.3 Å². The molecule has 25 heavy (non-hydrogen) atoms. The minimum Gasteiger partial charge on any atom is -0.497 e. The summed E-state index contributed by atoms with van der Waals surface area (Å²) in [6.45, 7) is 5.02. The molecular formula is C19H26N4O2. The number of carbonyl (C=O) groups excluding carboxylic acids is 1. The molecule has 0 bridgehead atoms. The molecule has 6 nitrogen and oxygen atoms in total. The van der Waals surface area contributed by atoms with Crippen molar-refractivity contribution < 1.29 is 9.53 Å². The summed E-state index contributed by atoms with van der Waals surface area (Å²) in [4.78, 5) is 14.6. The number of aromatic amines is 1. The smallest absolute Gasteiger partial charge is 0.254 e. The van der Waals surface area contributed by atoms with Crippen LogP contribution in [0.2, 0.25) is 0 Å². The highest BCUT2D eigenvalue weighted by atomic mass is 16.5. The van der Waals surface area contributed by atoms with Crippen LogP contribution in [0.3, 0.4) is 0 Å². The van der Waals surface area contributed by atoms with Crippen LogP contribution in [0.4, 0.5) is 0 Å². The van der Waals surface area contributed by atoms with E-state index in [1.807, 2.05) is 12.1 Å². The number of likely N-dealkylation sites (tertiary alicyclic amines) is 1. The maximum absolute atomic E-state index is 12.1. The molecule has 0 radical (unpaired) electrons. The molecule has 0 spiro atoms. The molecular weight excluding hydrogens is 316 g/mol. The lowest BCUT2D eigenvalue weighted by Gasteiger charge is -2.40. The van der Waals surface area contributed by atoms with E-state index in [-0.39, 0.29) is 11.3 Å². The number of aromatic nitrogens is 2. The van der Waals surface area contributed by atoms with E-state index in [1.165, 1.54) is 5.56 Å². The van der Waals surface area contributed by atoms with Crippen LogP contribution >= 0.6 is 0 Å². The first-order valence-electron chi connectivity index (χ1n) is 8.67. The van der Waals surface area contributed by atoms with Gasteiger partial charge in [-0.25, -0.2) is 0 Å². The first-order chi connectivity index (χ1) is 12.1. The fourth-order valence-electron chi connectivity index (χ4n) is 3.77. The summed E-state index contributed by atoms with van der Waals surface area (Å²) in [5.74, 6) is 0.794. The highest BCUT2D eigenvalue weighted by molar-refractivity contribution is 5.95. The molecule has 3 rings (SSSR count). The Kier molecular flexibility index (Phi) is 5.08. The van der Waals surface area contributed by atoms with Crippen LogP contribution in [0.5, 0.6) is 5.75 Å². The number of carbonyl (C=O) groups is 1. The lowest BCUT2D eigenvalue weighted by atomic mass is 9.77. The highest BCUT2D eigenvalue weighted by Gasteiger charge is 2.36. The Morgan fingerprint density at radius 2 is 2.32 bits per heavy atom. The number of nitrogens with zero attached hydrogens (tertiary/aromatic N) is 2. The summed E-state index contributed by atoms with van der Waals surface area (Å²) in [6.07, 6.45) is 3.75. The van der Waals surface area contributed by atoms with Crippen molar-refractivity contribution in [3.05, 3.63) is 47.3 Å². The van der Waals surface area contributed by atoms with Crippen LogP contribution in [0.15, 0.2) is 30.5 Å². The third-order valence-electron chi connectivity index (χ3n) is 5.03. The Bertz CT molecular complexity index is 743. The molecule has 0 aliphatic carbocycles. The lowest BCUT2D eigenvalue weighted by Crippen LogP contribution is -2.45. The fourth-order valence-corrected chi connectivity index (χ4v) is 3.77. The van der Waals surface area contributed by atoms with Crippen molar-refractivity contribution in [2.45, 2.75) is 31.7 Å². The van der Waals surface area contributed by atoms with E-state index in [4.69, 9.17) is 4.74 Å². The summed E-state index contributed by atoms with van der Waals surface area (Å²) >= 11 is 0. The van der Waals surface area contributed by atoms with Crippen molar-refractivity contribution in [2.24, 2.45) is 0 Å². The number of benzene rings is 1. The molecule has 1 atom stereocenters. The van der Waals surface area contributed by atoms with Crippen LogP contribution in [-0.2, 0) is 12.0 Å². The van der Waals surface area contributed by atoms with Crippen LogP contribution < -0.4 is 10.1 Å². The number of hydrogen-bond acceptors (Lipinski definition) is 4. The molecule has 1 amide bonds. The fraction of sp³-hybridized carbons (Fsp3) is 0.474. The molecule has 2 heterocycles. The first-order valence-corrected chi connectivity index (χ1v) is 8.67. The van der Waals surface area contributed by atoms with Gasteiger partial charge in [-0.15, -0.1) is 0 Å². The van der Waals surface area contributed by atoms with Crippen LogP contribution in [0, 0.1) is 0 Å². The van der Waals surface area contributed by atoms with Gasteiger partial charge in [0.25, 0.3) is 5.91 Å². The van der Waals surface area contributed by atoms with E-state index in [1.54, 1.807) is 20.4 Å². The zero-order chi connectivity index (χ0) is 17.9. The second kappa shape index (κ2) is 7.27. The quantitative estimate of drug-likeness (QED) is 0.875. The van der Waals surface area contributed by atoms with Gasteiger partial charge in [-0.3, -0.25) is 14.8 Å². The van der Waals surface area contributed by atoms with Gasteiger partial charge in [0.1, 0.15) is 5.75 Å². The summed E-state index contributed by atoms with van der Waals surface area (Å²) in [6, 6.07) is 8.19. The van der Waals surface area contributed by atoms with Crippen molar-refractivity contribution in [2.75, 3.05) is 27.2 Å². The monoisotopic (exact) mass is 342 g/mol. The van der Waals surface area contributed by atoms with E-state index in [2.05, 4.69) is 39.5 Å². The van der Waals surface area contributed by atoms with E-state index in [0.717, 1.165) is 43.9 Å². The van der Waals surface area contributed by atoms with Gasteiger partial charge >= 0.3 is 0 Å². The van der Waals surface area contributed by atoms with Crippen molar-refractivity contribution in [1.29, 1.82) is 0 Å². The summed E-state index contributed by atoms with van der Waals surface area (Å²) < 4.78 is 5.32. The van der Waals surface area contributed by atoms with Crippen molar-refractivity contribution >= 4 is 5.91 Å². The second-order valence-electron chi connectivity index (χ2n) is 6.96. The number of ether oxygens (including phenoxy) is 1. The van der Waals surface area contributed by atoms with E-state index in [0.29, 0.717) is 5.56 Å². The van der Waals surface area contributed by atoms with E-state index >= 15 is 0 Å². The molecule has 1 aromatic heterocycles. The summed E-state index contributed by atoms with van der Waals surface area (Å²) in [5.41, 5.74) is 2.70.